The van der Waals surface area contributed by atoms with Gasteiger partial charge in [0.1, 0.15) is 0 Å². The van der Waals surface area contributed by atoms with E-state index in [4.69, 9.17) is 4.74 Å². The first-order chi connectivity index (χ1) is 6.83. The maximum atomic E-state index is 11.3. The molecule has 0 N–H and O–H groups in total. The zero-order chi connectivity index (χ0) is 9.97. The molecule has 0 saturated carbocycles. The van der Waals surface area contributed by atoms with Crippen molar-refractivity contribution in [3.8, 4) is 0 Å². The SMILES string of the molecule is CCOC1N=NC(=O)c2ccccc21. The Bertz CT molecular complexity index is 387. The van der Waals surface area contributed by atoms with Gasteiger partial charge in [0, 0.05) is 12.2 Å². The molecule has 1 heterocycles. The predicted molar refractivity (Wildman–Crippen MR) is 50.0 cm³/mol. The van der Waals surface area contributed by atoms with Gasteiger partial charge in [0.05, 0.1) is 5.56 Å². The Kier molecular flexibility index (Phi) is 2.37. The summed E-state index contributed by atoms with van der Waals surface area (Å²) in [7, 11) is 0. The summed E-state index contributed by atoms with van der Waals surface area (Å²) in [6, 6.07) is 7.24. The largest absolute Gasteiger partial charge is 0.351 e. The van der Waals surface area contributed by atoms with Crippen LogP contribution in [-0.2, 0) is 4.74 Å². The lowest BCUT2D eigenvalue weighted by Crippen LogP contribution is -2.12. The summed E-state index contributed by atoms with van der Waals surface area (Å²) in [5.74, 6) is -0.295. The number of benzene rings is 1. The molecule has 0 aliphatic carbocycles. The number of amides is 1. The zero-order valence-corrected chi connectivity index (χ0v) is 7.80. The first kappa shape index (κ1) is 9.02. The molecule has 4 heteroatoms. The van der Waals surface area contributed by atoms with Crippen molar-refractivity contribution in [2.75, 3.05) is 6.61 Å². The van der Waals surface area contributed by atoms with Crippen molar-refractivity contribution in [2.24, 2.45) is 10.2 Å². The summed E-state index contributed by atoms with van der Waals surface area (Å²) in [5.41, 5.74) is 1.38. The highest BCUT2D eigenvalue weighted by Gasteiger charge is 2.22. The topological polar surface area (TPSA) is 51.0 Å². The van der Waals surface area contributed by atoms with Gasteiger partial charge in [0.2, 0.25) is 0 Å². The van der Waals surface area contributed by atoms with E-state index in [1.165, 1.54) is 0 Å². The summed E-state index contributed by atoms with van der Waals surface area (Å²) >= 11 is 0. The fourth-order valence-corrected chi connectivity index (χ4v) is 1.41. The molecule has 1 aliphatic rings. The molecule has 4 nitrogen and oxygen atoms in total. The minimum Gasteiger partial charge on any atom is -0.351 e. The lowest BCUT2D eigenvalue weighted by molar-refractivity contribution is 0.0567. The molecule has 0 aromatic heterocycles. The molecule has 1 unspecified atom stereocenters. The molecule has 0 radical (unpaired) electrons. The quantitative estimate of drug-likeness (QED) is 0.718. The maximum absolute atomic E-state index is 11.3. The summed E-state index contributed by atoms with van der Waals surface area (Å²) in [6.45, 7) is 2.43. The average molecular weight is 190 g/mol. The monoisotopic (exact) mass is 190 g/mol. The third-order valence-electron chi connectivity index (χ3n) is 2.04. The second kappa shape index (κ2) is 3.67. The number of carbonyl (C=O) groups excluding carboxylic acids is 1. The number of hydrogen-bond acceptors (Lipinski definition) is 3. The second-order valence-electron chi connectivity index (χ2n) is 2.92. The van der Waals surface area contributed by atoms with Gasteiger partial charge >= 0.3 is 0 Å². The van der Waals surface area contributed by atoms with E-state index >= 15 is 0 Å². The summed E-state index contributed by atoms with van der Waals surface area (Å²) in [5, 5.41) is 7.33. The minimum absolute atomic E-state index is 0.295. The minimum atomic E-state index is -0.422. The Balaban J connectivity index is 2.42. The van der Waals surface area contributed by atoms with Gasteiger partial charge in [-0.3, -0.25) is 4.79 Å². The normalized spacial score (nSPS) is 19.5. The number of nitrogens with zero attached hydrogens (tertiary/aromatic N) is 2. The van der Waals surface area contributed by atoms with Crippen molar-refractivity contribution in [1.82, 2.24) is 0 Å². The van der Waals surface area contributed by atoms with Crippen LogP contribution in [-0.4, -0.2) is 12.5 Å². The van der Waals surface area contributed by atoms with Gasteiger partial charge in [-0.25, -0.2) is 0 Å². The Morgan fingerprint density at radius 1 is 1.43 bits per heavy atom. The highest BCUT2D eigenvalue weighted by atomic mass is 16.5. The van der Waals surface area contributed by atoms with E-state index in [-0.39, 0.29) is 5.91 Å². The third-order valence-corrected chi connectivity index (χ3v) is 2.04. The smallest absolute Gasteiger partial charge is 0.295 e. The van der Waals surface area contributed by atoms with Crippen LogP contribution in [0, 0.1) is 0 Å². The molecular formula is C10H10N2O2. The third kappa shape index (κ3) is 1.44. The molecule has 1 amide bonds. The van der Waals surface area contributed by atoms with E-state index in [2.05, 4.69) is 10.2 Å². The van der Waals surface area contributed by atoms with Crippen molar-refractivity contribution < 1.29 is 9.53 Å². The van der Waals surface area contributed by atoms with Crippen LogP contribution in [0.25, 0.3) is 0 Å². The molecule has 1 aromatic rings. The Morgan fingerprint density at radius 2 is 2.21 bits per heavy atom. The number of rotatable bonds is 2. The van der Waals surface area contributed by atoms with Crippen molar-refractivity contribution in [3.63, 3.8) is 0 Å². The number of azo groups is 1. The van der Waals surface area contributed by atoms with Crippen molar-refractivity contribution in [1.29, 1.82) is 0 Å². The first-order valence-electron chi connectivity index (χ1n) is 4.48. The number of carbonyl (C=O) groups is 1. The molecule has 1 aromatic carbocycles. The van der Waals surface area contributed by atoms with Gasteiger partial charge in [0.15, 0.2) is 6.23 Å². The van der Waals surface area contributed by atoms with Crippen LogP contribution in [0.1, 0.15) is 29.1 Å². The lowest BCUT2D eigenvalue weighted by atomic mass is 10.1. The first-order valence-corrected chi connectivity index (χ1v) is 4.48. The second-order valence-corrected chi connectivity index (χ2v) is 2.92. The summed E-state index contributed by atoms with van der Waals surface area (Å²) in [6.07, 6.45) is -0.422. The van der Waals surface area contributed by atoms with E-state index in [9.17, 15) is 4.79 Å². The fraction of sp³-hybridized carbons (Fsp3) is 0.300. The molecule has 14 heavy (non-hydrogen) atoms. The molecule has 1 atom stereocenters. The fourth-order valence-electron chi connectivity index (χ4n) is 1.41. The molecule has 0 fully saturated rings. The van der Waals surface area contributed by atoms with Crippen LogP contribution < -0.4 is 0 Å². The summed E-state index contributed by atoms with van der Waals surface area (Å²) in [4.78, 5) is 11.3. The van der Waals surface area contributed by atoms with Crippen molar-refractivity contribution in [2.45, 2.75) is 13.2 Å². The molecule has 0 spiro atoms. The molecule has 0 bridgehead atoms. The van der Waals surface area contributed by atoms with Gasteiger partial charge in [-0.2, -0.15) is 0 Å². The average Bonchev–Trinajstić information content (AvgIpc) is 2.23. The van der Waals surface area contributed by atoms with E-state index in [1.807, 2.05) is 19.1 Å². The van der Waals surface area contributed by atoms with Crippen LogP contribution in [0.15, 0.2) is 34.5 Å². The molecule has 2 rings (SSSR count). The van der Waals surface area contributed by atoms with Crippen molar-refractivity contribution >= 4 is 5.91 Å². The van der Waals surface area contributed by atoms with E-state index in [0.29, 0.717) is 12.2 Å². The van der Waals surface area contributed by atoms with Gasteiger partial charge in [-0.15, -0.1) is 10.2 Å². The number of hydrogen-bond donors (Lipinski definition) is 0. The lowest BCUT2D eigenvalue weighted by Gasteiger charge is -2.17. The van der Waals surface area contributed by atoms with Gasteiger partial charge in [-0.05, 0) is 13.0 Å². The number of fused-ring (bicyclic) bond motifs is 1. The van der Waals surface area contributed by atoms with Crippen molar-refractivity contribution in [3.05, 3.63) is 35.4 Å². The summed E-state index contributed by atoms with van der Waals surface area (Å²) < 4.78 is 5.34. The molecule has 1 aliphatic heterocycles. The maximum Gasteiger partial charge on any atom is 0.295 e. The Morgan fingerprint density at radius 3 is 3.00 bits per heavy atom. The van der Waals surface area contributed by atoms with Gasteiger partial charge in [-0.1, -0.05) is 18.2 Å². The predicted octanol–water partition coefficient (Wildman–Crippen LogP) is 2.33. The van der Waals surface area contributed by atoms with Crippen LogP contribution in [0.4, 0.5) is 0 Å². The highest BCUT2D eigenvalue weighted by molar-refractivity contribution is 5.96. The van der Waals surface area contributed by atoms with E-state index < -0.39 is 6.23 Å². The van der Waals surface area contributed by atoms with E-state index in [0.717, 1.165) is 5.56 Å². The van der Waals surface area contributed by atoms with Crippen LogP contribution in [0.2, 0.25) is 0 Å². The standard InChI is InChI=1S/C10H10N2O2/c1-2-14-10-8-6-4-3-5-7(8)9(13)11-12-10/h3-6,10H,2H2,1H3. The van der Waals surface area contributed by atoms with Gasteiger partial charge in [0.25, 0.3) is 5.91 Å². The van der Waals surface area contributed by atoms with Crippen LogP contribution in [0.5, 0.6) is 0 Å². The van der Waals surface area contributed by atoms with Crippen LogP contribution in [0.3, 0.4) is 0 Å². The van der Waals surface area contributed by atoms with Crippen LogP contribution >= 0.6 is 0 Å². The number of ether oxygens (including phenoxy) is 1. The Hall–Kier alpha value is -1.55. The molecule has 72 valence electrons. The Labute approximate surface area is 81.6 Å². The zero-order valence-electron chi connectivity index (χ0n) is 7.80. The highest BCUT2D eigenvalue weighted by Crippen LogP contribution is 2.27. The van der Waals surface area contributed by atoms with E-state index in [1.54, 1.807) is 12.1 Å². The molecular weight excluding hydrogens is 180 g/mol. The van der Waals surface area contributed by atoms with Gasteiger partial charge < -0.3 is 4.74 Å². The molecule has 0 saturated heterocycles.